The number of rotatable bonds is 6. The first-order valence-electron chi connectivity index (χ1n) is 11.6. The first-order chi connectivity index (χ1) is 16.7. The Morgan fingerprint density at radius 1 is 1.17 bits per heavy atom. The average molecular weight is 546 g/mol. The highest BCUT2D eigenvalue weighted by molar-refractivity contribution is 7.92. The molecule has 4 unspecified atom stereocenters. The molecule has 0 aromatic heterocycles. The number of anilines is 1. The van der Waals surface area contributed by atoms with E-state index >= 15 is 0 Å². The van der Waals surface area contributed by atoms with Gasteiger partial charge in [0.2, 0.25) is 0 Å². The fraction of sp³-hybridized carbons (Fsp3) is 0.480. The molecule has 6 atom stereocenters. The lowest BCUT2D eigenvalue weighted by molar-refractivity contribution is -0.0904. The minimum absolute atomic E-state index is 0.0723. The van der Waals surface area contributed by atoms with Crippen molar-refractivity contribution in [3.8, 4) is 0 Å². The van der Waals surface area contributed by atoms with E-state index in [1.807, 2.05) is 6.92 Å². The molecule has 4 rings (SSSR count). The molecule has 2 bridgehead atoms. The summed E-state index contributed by atoms with van der Waals surface area (Å²) >= 11 is 6.23. The Labute approximate surface area is 212 Å². The molecule has 3 N–H and O–H groups in total. The zero-order valence-corrected chi connectivity index (χ0v) is 21.2. The van der Waals surface area contributed by atoms with Crippen LogP contribution in [-0.4, -0.2) is 41.5 Å². The van der Waals surface area contributed by atoms with Crippen LogP contribution < -0.4 is 5.32 Å². The highest BCUT2D eigenvalue weighted by atomic mass is 35.5. The monoisotopic (exact) mass is 545 g/mol. The summed E-state index contributed by atoms with van der Waals surface area (Å²) in [6, 6.07) is 4.83. The SMILES string of the molecule is CC(O)C[C@@]1(O)C2CC(S(=O)(=O)c3cc(C(=O)Nc4cc(F)c(F)c(F)c4)ccc3Cl)CC1[C@@H](C)C2. The fourth-order valence-corrected chi connectivity index (χ4v) is 8.34. The third-order valence-corrected chi connectivity index (χ3v) is 10.2. The average Bonchev–Trinajstić information content (AvgIpc) is 2.90. The van der Waals surface area contributed by atoms with Crippen LogP contribution in [0.1, 0.15) is 49.9 Å². The van der Waals surface area contributed by atoms with Crippen LogP contribution in [0.25, 0.3) is 0 Å². The van der Waals surface area contributed by atoms with Crippen LogP contribution in [0.3, 0.4) is 0 Å². The Morgan fingerprint density at radius 2 is 1.81 bits per heavy atom. The molecule has 0 aliphatic heterocycles. The van der Waals surface area contributed by atoms with E-state index in [-0.39, 0.29) is 58.2 Å². The van der Waals surface area contributed by atoms with Crippen LogP contribution in [0, 0.1) is 35.2 Å². The Kier molecular flexibility index (Phi) is 7.20. The van der Waals surface area contributed by atoms with Gasteiger partial charge < -0.3 is 15.5 Å². The van der Waals surface area contributed by atoms with Crippen molar-refractivity contribution < 1.29 is 36.6 Å². The number of hydrogen-bond donors (Lipinski definition) is 3. The zero-order valence-electron chi connectivity index (χ0n) is 19.6. The summed E-state index contributed by atoms with van der Waals surface area (Å²) in [6.07, 6.45) is 0.449. The molecule has 2 aromatic rings. The van der Waals surface area contributed by atoms with Crippen LogP contribution in [-0.2, 0) is 9.84 Å². The van der Waals surface area contributed by atoms with E-state index in [2.05, 4.69) is 5.32 Å². The number of nitrogens with one attached hydrogen (secondary N) is 1. The van der Waals surface area contributed by atoms with Crippen molar-refractivity contribution in [1.82, 2.24) is 0 Å². The molecule has 0 saturated heterocycles. The van der Waals surface area contributed by atoms with Crippen molar-refractivity contribution in [3.63, 3.8) is 0 Å². The summed E-state index contributed by atoms with van der Waals surface area (Å²) in [5.74, 6) is -6.07. The number of sulfone groups is 1. The Hall–Kier alpha value is -2.14. The van der Waals surface area contributed by atoms with Crippen LogP contribution >= 0.6 is 11.6 Å². The van der Waals surface area contributed by atoms with Gasteiger partial charge in [0.05, 0.1) is 26.9 Å². The molecule has 0 heterocycles. The van der Waals surface area contributed by atoms with Gasteiger partial charge in [0.15, 0.2) is 27.3 Å². The van der Waals surface area contributed by atoms with Gasteiger partial charge >= 0.3 is 0 Å². The van der Waals surface area contributed by atoms with Gasteiger partial charge in [-0.15, -0.1) is 0 Å². The second-order valence-corrected chi connectivity index (χ2v) is 12.7. The van der Waals surface area contributed by atoms with E-state index in [0.29, 0.717) is 18.6 Å². The van der Waals surface area contributed by atoms with E-state index in [1.54, 1.807) is 6.92 Å². The standard InChI is InChI=1S/C25H27ClF3NO5S/c1-12-5-15-7-17(10-18(12)25(15,33)11-13(2)31)36(34,35)22-6-14(3-4-19(22)26)24(32)30-16-8-20(27)23(29)21(28)9-16/h3-4,6,8-9,12-13,15,17-18,31,33H,5,7,10-11H2,1-2H3,(H,30,32)/t12-,13?,15?,17?,18?,25+/m0/s1. The minimum Gasteiger partial charge on any atom is -0.393 e. The number of carbonyl (C=O) groups excluding carboxylic acids is 1. The topological polar surface area (TPSA) is 104 Å². The maximum Gasteiger partial charge on any atom is 0.255 e. The molecular formula is C25H27ClF3NO5S. The Morgan fingerprint density at radius 3 is 2.39 bits per heavy atom. The number of aliphatic hydroxyl groups excluding tert-OH is 1. The van der Waals surface area contributed by atoms with Crippen LogP contribution in [0.2, 0.25) is 5.02 Å². The lowest BCUT2D eigenvalue weighted by Crippen LogP contribution is -2.50. The first-order valence-corrected chi connectivity index (χ1v) is 13.6. The minimum atomic E-state index is -4.02. The summed E-state index contributed by atoms with van der Waals surface area (Å²) in [6.45, 7) is 3.56. The molecule has 196 valence electrons. The lowest BCUT2D eigenvalue weighted by atomic mass is 9.70. The number of aliphatic hydroxyl groups is 2. The highest BCUT2D eigenvalue weighted by Gasteiger charge is 2.58. The maximum atomic E-state index is 13.6. The van der Waals surface area contributed by atoms with E-state index in [9.17, 15) is 36.6 Å². The van der Waals surface area contributed by atoms with Gasteiger partial charge in [-0.25, -0.2) is 21.6 Å². The fourth-order valence-electron chi connectivity index (χ4n) is 5.96. The number of benzene rings is 2. The summed E-state index contributed by atoms with van der Waals surface area (Å²) in [4.78, 5) is 12.4. The summed E-state index contributed by atoms with van der Waals surface area (Å²) in [5, 5.41) is 22.5. The lowest BCUT2D eigenvalue weighted by Gasteiger charge is -2.44. The van der Waals surface area contributed by atoms with Gasteiger partial charge in [-0.3, -0.25) is 4.79 Å². The van der Waals surface area contributed by atoms with Gasteiger partial charge in [-0.1, -0.05) is 18.5 Å². The largest absolute Gasteiger partial charge is 0.393 e. The van der Waals surface area contributed by atoms with E-state index in [1.165, 1.54) is 12.1 Å². The van der Waals surface area contributed by atoms with E-state index in [0.717, 1.165) is 6.07 Å². The van der Waals surface area contributed by atoms with Gasteiger partial charge in [-0.05, 0) is 62.1 Å². The van der Waals surface area contributed by atoms with Gasteiger partial charge in [0, 0.05) is 29.8 Å². The molecule has 0 spiro atoms. The van der Waals surface area contributed by atoms with Crippen molar-refractivity contribution >= 4 is 33.0 Å². The molecule has 6 nitrogen and oxygen atoms in total. The second kappa shape index (κ2) is 9.63. The molecule has 11 heteroatoms. The Balaban J connectivity index is 1.60. The molecule has 2 saturated carbocycles. The molecule has 2 fully saturated rings. The second-order valence-electron chi connectivity index (χ2n) is 10.1. The number of carbonyl (C=O) groups is 1. The summed E-state index contributed by atoms with van der Waals surface area (Å²) < 4.78 is 67.5. The van der Waals surface area contributed by atoms with Crippen molar-refractivity contribution in [1.29, 1.82) is 0 Å². The van der Waals surface area contributed by atoms with Crippen LogP contribution in [0.5, 0.6) is 0 Å². The van der Waals surface area contributed by atoms with Crippen molar-refractivity contribution in [2.45, 2.75) is 61.4 Å². The molecule has 2 aliphatic carbocycles. The van der Waals surface area contributed by atoms with Crippen molar-refractivity contribution in [2.75, 3.05) is 5.32 Å². The molecule has 36 heavy (non-hydrogen) atoms. The normalized spacial score (nSPS) is 28.7. The zero-order chi connectivity index (χ0) is 26.6. The molecule has 0 radical (unpaired) electrons. The summed E-state index contributed by atoms with van der Waals surface area (Å²) in [7, 11) is -4.02. The third-order valence-electron chi connectivity index (χ3n) is 7.56. The number of halogens is 4. The predicted molar refractivity (Wildman–Crippen MR) is 128 cm³/mol. The highest BCUT2D eigenvalue weighted by Crippen LogP contribution is 2.56. The number of fused-ring (bicyclic) bond motifs is 2. The smallest absolute Gasteiger partial charge is 0.255 e. The molecular weight excluding hydrogens is 519 g/mol. The Bertz CT molecular complexity index is 1280. The maximum absolute atomic E-state index is 13.6. The molecule has 2 aliphatic rings. The molecule has 2 aromatic carbocycles. The van der Waals surface area contributed by atoms with Crippen LogP contribution in [0.15, 0.2) is 35.2 Å². The predicted octanol–water partition coefficient (Wildman–Crippen LogP) is 4.72. The first kappa shape index (κ1) is 26.9. The third kappa shape index (κ3) is 4.76. The van der Waals surface area contributed by atoms with Crippen molar-refractivity contribution in [2.24, 2.45) is 17.8 Å². The van der Waals surface area contributed by atoms with Gasteiger partial charge in [-0.2, -0.15) is 0 Å². The summed E-state index contributed by atoms with van der Waals surface area (Å²) in [5.41, 5.74) is -1.61. The van der Waals surface area contributed by atoms with Crippen LogP contribution in [0.4, 0.5) is 18.9 Å². The molecule has 1 amide bonds. The van der Waals surface area contributed by atoms with Gasteiger partial charge in [0.25, 0.3) is 5.91 Å². The quantitative estimate of drug-likeness (QED) is 0.456. The van der Waals surface area contributed by atoms with Gasteiger partial charge in [0.1, 0.15) is 0 Å². The number of amides is 1. The number of hydrogen-bond acceptors (Lipinski definition) is 5. The van der Waals surface area contributed by atoms with Crippen molar-refractivity contribution in [3.05, 3.63) is 58.4 Å². The van der Waals surface area contributed by atoms with E-state index in [4.69, 9.17) is 11.6 Å². The van der Waals surface area contributed by atoms with E-state index < -0.39 is 50.2 Å².